The maximum atomic E-state index is 12.7. The molecule has 0 radical (unpaired) electrons. The van der Waals surface area contributed by atoms with Crippen LogP contribution in [0.1, 0.15) is 61.1 Å². The third-order valence-corrected chi connectivity index (χ3v) is 4.83. The van der Waals surface area contributed by atoms with Crippen LogP contribution in [0.2, 0.25) is 0 Å². The van der Waals surface area contributed by atoms with Gasteiger partial charge in [0.2, 0.25) is 0 Å². The summed E-state index contributed by atoms with van der Waals surface area (Å²) in [6, 6.07) is 8.24. The number of hydrogen-bond acceptors (Lipinski definition) is 2. The summed E-state index contributed by atoms with van der Waals surface area (Å²) in [5.41, 5.74) is 1.97. The summed E-state index contributed by atoms with van der Waals surface area (Å²) >= 11 is 0. The van der Waals surface area contributed by atoms with E-state index in [9.17, 15) is 4.79 Å². The highest BCUT2D eigenvalue weighted by Gasteiger charge is 2.24. The predicted octanol–water partition coefficient (Wildman–Crippen LogP) is 4.93. The summed E-state index contributed by atoms with van der Waals surface area (Å²) in [6.07, 6.45) is 8.60. The molecule has 0 saturated heterocycles. The van der Waals surface area contributed by atoms with Gasteiger partial charge in [-0.05, 0) is 38.0 Å². The van der Waals surface area contributed by atoms with Crippen molar-refractivity contribution >= 4 is 16.9 Å². The van der Waals surface area contributed by atoms with E-state index in [1.54, 1.807) is 0 Å². The second-order valence-corrected chi connectivity index (χ2v) is 6.57. The van der Waals surface area contributed by atoms with Gasteiger partial charge in [-0.2, -0.15) is 0 Å². The van der Waals surface area contributed by atoms with Crippen molar-refractivity contribution in [2.45, 2.75) is 57.9 Å². The lowest BCUT2D eigenvalue weighted by Crippen LogP contribution is -2.37. The Kier molecular flexibility index (Phi) is 4.51. The van der Waals surface area contributed by atoms with Crippen molar-refractivity contribution < 1.29 is 9.21 Å². The Morgan fingerprint density at radius 3 is 2.50 bits per heavy atom. The van der Waals surface area contributed by atoms with Crippen LogP contribution in [0.25, 0.3) is 11.0 Å². The van der Waals surface area contributed by atoms with E-state index in [-0.39, 0.29) is 5.91 Å². The quantitative estimate of drug-likeness (QED) is 0.788. The zero-order valence-electron chi connectivity index (χ0n) is 13.6. The van der Waals surface area contributed by atoms with Crippen molar-refractivity contribution in [3.8, 4) is 0 Å². The van der Waals surface area contributed by atoms with Gasteiger partial charge in [0, 0.05) is 18.5 Å². The molecule has 1 heterocycles. The van der Waals surface area contributed by atoms with Crippen LogP contribution in [0.15, 0.2) is 28.7 Å². The standard InChI is InChI=1S/C19H25NO2/c1-14-10-11-17-15(12-14)13-18(22-17)19(21)20(2)16-8-6-4-3-5-7-9-16/h10-13,16H,3-9H2,1-2H3. The van der Waals surface area contributed by atoms with Crippen molar-refractivity contribution in [3.05, 3.63) is 35.6 Å². The number of amides is 1. The van der Waals surface area contributed by atoms with E-state index < -0.39 is 0 Å². The van der Waals surface area contributed by atoms with Crippen molar-refractivity contribution in [2.24, 2.45) is 0 Å². The van der Waals surface area contributed by atoms with Gasteiger partial charge >= 0.3 is 0 Å². The van der Waals surface area contributed by atoms with Crippen LogP contribution in [0.3, 0.4) is 0 Å². The maximum Gasteiger partial charge on any atom is 0.289 e. The maximum absolute atomic E-state index is 12.7. The highest BCUT2D eigenvalue weighted by Crippen LogP contribution is 2.25. The molecule has 1 aromatic carbocycles. The van der Waals surface area contributed by atoms with E-state index in [1.807, 2.05) is 30.1 Å². The van der Waals surface area contributed by atoms with E-state index >= 15 is 0 Å². The minimum atomic E-state index is 0.0134. The minimum Gasteiger partial charge on any atom is -0.451 e. The summed E-state index contributed by atoms with van der Waals surface area (Å²) in [5, 5.41) is 1.01. The molecule has 0 atom stereocenters. The Bertz CT molecular complexity index is 650. The number of carbonyl (C=O) groups is 1. The fourth-order valence-electron chi connectivity index (χ4n) is 3.43. The molecule has 1 amide bonds. The molecule has 3 heteroatoms. The van der Waals surface area contributed by atoms with E-state index in [0.29, 0.717) is 11.8 Å². The minimum absolute atomic E-state index is 0.0134. The molecule has 0 N–H and O–H groups in total. The van der Waals surface area contributed by atoms with Crippen LogP contribution < -0.4 is 0 Å². The monoisotopic (exact) mass is 299 g/mol. The number of nitrogens with zero attached hydrogens (tertiary/aromatic N) is 1. The Balaban J connectivity index is 1.78. The van der Waals surface area contributed by atoms with Gasteiger partial charge in [0.1, 0.15) is 5.58 Å². The van der Waals surface area contributed by atoms with Crippen LogP contribution in [0.5, 0.6) is 0 Å². The molecule has 0 unspecified atom stereocenters. The molecule has 1 fully saturated rings. The molecular weight excluding hydrogens is 274 g/mol. The van der Waals surface area contributed by atoms with Crippen LogP contribution in [-0.2, 0) is 0 Å². The normalized spacial score (nSPS) is 17.2. The zero-order chi connectivity index (χ0) is 15.5. The van der Waals surface area contributed by atoms with E-state index in [0.717, 1.165) is 23.8 Å². The highest BCUT2D eigenvalue weighted by atomic mass is 16.3. The number of furan rings is 1. The summed E-state index contributed by atoms with van der Waals surface area (Å²) in [6.45, 7) is 2.05. The number of rotatable bonds is 2. The van der Waals surface area contributed by atoms with Crippen LogP contribution in [-0.4, -0.2) is 23.9 Å². The molecule has 1 aliphatic rings. The third kappa shape index (κ3) is 3.18. The first kappa shape index (κ1) is 15.1. The largest absolute Gasteiger partial charge is 0.451 e. The van der Waals surface area contributed by atoms with Crippen LogP contribution >= 0.6 is 0 Å². The van der Waals surface area contributed by atoms with Crippen molar-refractivity contribution in [1.82, 2.24) is 4.90 Å². The SMILES string of the molecule is Cc1ccc2oc(C(=O)N(C)C3CCCCCCC3)cc2c1. The number of hydrogen-bond donors (Lipinski definition) is 0. The lowest BCUT2D eigenvalue weighted by Gasteiger charge is -2.29. The van der Waals surface area contributed by atoms with Gasteiger partial charge < -0.3 is 9.32 Å². The second kappa shape index (κ2) is 6.55. The Morgan fingerprint density at radius 1 is 1.09 bits per heavy atom. The van der Waals surface area contributed by atoms with Crippen molar-refractivity contribution in [1.29, 1.82) is 0 Å². The highest BCUT2D eigenvalue weighted by molar-refractivity contribution is 5.96. The van der Waals surface area contributed by atoms with E-state index in [1.165, 1.54) is 37.7 Å². The zero-order valence-corrected chi connectivity index (χ0v) is 13.6. The first-order valence-corrected chi connectivity index (χ1v) is 8.42. The Labute approximate surface area is 132 Å². The van der Waals surface area contributed by atoms with Gasteiger partial charge in [0.25, 0.3) is 5.91 Å². The van der Waals surface area contributed by atoms with Gasteiger partial charge in [-0.1, -0.05) is 43.7 Å². The molecule has 1 aliphatic carbocycles. The summed E-state index contributed by atoms with van der Waals surface area (Å²) < 4.78 is 5.76. The molecule has 0 bridgehead atoms. The first-order valence-electron chi connectivity index (χ1n) is 8.42. The lowest BCUT2D eigenvalue weighted by atomic mass is 9.96. The van der Waals surface area contributed by atoms with Crippen LogP contribution in [0, 0.1) is 6.92 Å². The third-order valence-electron chi connectivity index (χ3n) is 4.83. The van der Waals surface area contributed by atoms with E-state index in [4.69, 9.17) is 4.42 Å². The van der Waals surface area contributed by atoms with Crippen LogP contribution in [0.4, 0.5) is 0 Å². The number of fused-ring (bicyclic) bond motifs is 1. The Hall–Kier alpha value is -1.77. The van der Waals surface area contributed by atoms with Gasteiger partial charge in [-0.3, -0.25) is 4.79 Å². The topological polar surface area (TPSA) is 33.5 Å². The molecular formula is C19H25NO2. The summed E-state index contributed by atoms with van der Waals surface area (Å²) in [7, 11) is 1.92. The predicted molar refractivity (Wildman–Crippen MR) is 89.2 cm³/mol. The smallest absolute Gasteiger partial charge is 0.289 e. The first-order chi connectivity index (χ1) is 10.6. The van der Waals surface area contributed by atoms with Crippen molar-refractivity contribution in [2.75, 3.05) is 7.05 Å². The molecule has 1 saturated carbocycles. The number of aryl methyl sites for hydroxylation is 1. The molecule has 22 heavy (non-hydrogen) atoms. The average Bonchev–Trinajstić information content (AvgIpc) is 2.88. The van der Waals surface area contributed by atoms with E-state index in [2.05, 4.69) is 13.0 Å². The van der Waals surface area contributed by atoms with Crippen molar-refractivity contribution in [3.63, 3.8) is 0 Å². The molecule has 3 nitrogen and oxygen atoms in total. The lowest BCUT2D eigenvalue weighted by molar-refractivity contribution is 0.0677. The Morgan fingerprint density at radius 2 is 1.77 bits per heavy atom. The molecule has 3 rings (SSSR count). The molecule has 118 valence electrons. The molecule has 0 aliphatic heterocycles. The fraction of sp³-hybridized carbons (Fsp3) is 0.526. The molecule has 0 spiro atoms. The summed E-state index contributed by atoms with van der Waals surface area (Å²) in [4.78, 5) is 14.6. The number of carbonyl (C=O) groups excluding carboxylic acids is 1. The second-order valence-electron chi connectivity index (χ2n) is 6.57. The summed E-state index contributed by atoms with van der Waals surface area (Å²) in [5.74, 6) is 0.476. The van der Waals surface area contributed by atoms with Gasteiger partial charge in [0.05, 0.1) is 0 Å². The van der Waals surface area contributed by atoms with Gasteiger partial charge in [-0.15, -0.1) is 0 Å². The number of benzene rings is 1. The van der Waals surface area contributed by atoms with Gasteiger partial charge in [-0.25, -0.2) is 0 Å². The molecule has 2 aromatic rings. The fourth-order valence-corrected chi connectivity index (χ4v) is 3.43. The average molecular weight is 299 g/mol. The molecule has 1 aromatic heterocycles. The van der Waals surface area contributed by atoms with Gasteiger partial charge in [0.15, 0.2) is 5.76 Å².